The zero-order chi connectivity index (χ0) is 18.8. The Morgan fingerprint density at radius 2 is 1.85 bits per heavy atom. The molecule has 2 bridgehead atoms. The van der Waals surface area contributed by atoms with E-state index in [9.17, 15) is 9.59 Å². The van der Waals surface area contributed by atoms with E-state index in [1.54, 1.807) is 0 Å². The zero-order valence-corrected chi connectivity index (χ0v) is 16.0. The van der Waals surface area contributed by atoms with Crippen molar-refractivity contribution in [2.24, 2.45) is 23.5 Å². The van der Waals surface area contributed by atoms with Crippen molar-refractivity contribution in [1.82, 2.24) is 10.2 Å². The summed E-state index contributed by atoms with van der Waals surface area (Å²) in [5.74, 6) is 1.37. The van der Waals surface area contributed by atoms with Gasteiger partial charge in [0.05, 0.1) is 6.04 Å². The van der Waals surface area contributed by atoms with Crippen molar-refractivity contribution in [3.63, 3.8) is 0 Å². The number of fused-ring (bicyclic) bond motifs is 2. The zero-order valence-electron chi connectivity index (χ0n) is 16.0. The number of nitrogens with two attached hydrogens (primary N) is 1. The second kappa shape index (κ2) is 8.01. The van der Waals surface area contributed by atoms with Gasteiger partial charge in [0.15, 0.2) is 0 Å². The minimum absolute atomic E-state index is 0.0561. The Hall–Kier alpha value is -1.88. The molecule has 2 saturated carbocycles. The molecule has 146 valence electrons. The number of rotatable bonds is 5. The van der Waals surface area contributed by atoms with Crippen LogP contribution in [0.1, 0.15) is 56.6 Å². The lowest BCUT2D eigenvalue weighted by Crippen LogP contribution is -2.50. The quantitative estimate of drug-likeness (QED) is 0.838. The molecule has 1 aliphatic heterocycles. The van der Waals surface area contributed by atoms with Gasteiger partial charge in [0, 0.05) is 31.5 Å². The molecule has 3 N–H and O–H groups in total. The number of amides is 2. The van der Waals surface area contributed by atoms with Gasteiger partial charge in [-0.2, -0.15) is 0 Å². The Labute approximate surface area is 161 Å². The lowest BCUT2D eigenvalue weighted by atomic mass is 9.65. The van der Waals surface area contributed by atoms with Gasteiger partial charge in [0.2, 0.25) is 11.8 Å². The first-order valence-corrected chi connectivity index (χ1v) is 10.5. The fraction of sp³-hybridized carbons (Fsp3) is 0.636. The number of likely N-dealkylation sites (tertiary alicyclic amines) is 1. The van der Waals surface area contributed by atoms with Gasteiger partial charge >= 0.3 is 0 Å². The molecule has 0 aromatic heterocycles. The second-order valence-electron chi connectivity index (χ2n) is 8.61. The summed E-state index contributed by atoms with van der Waals surface area (Å²) in [7, 11) is 0. The summed E-state index contributed by atoms with van der Waals surface area (Å²) in [4.78, 5) is 27.1. The lowest BCUT2D eigenvalue weighted by Gasteiger charge is -2.43. The van der Waals surface area contributed by atoms with Crippen LogP contribution in [0.25, 0.3) is 0 Å². The van der Waals surface area contributed by atoms with Crippen LogP contribution in [0.3, 0.4) is 0 Å². The number of carbonyl (C=O) groups excluding carboxylic acids is 2. The van der Waals surface area contributed by atoms with Crippen LogP contribution in [-0.4, -0.2) is 35.8 Å². The van der Waals surface area contributed by atoms with E-state index in [1.807, 2.05) is 35.2 Å². The van der Waals surface area contributed by atoms with Gasteiger partial charge in [0.1, 0.15) is 0 Å². The van der Waals surface area contributed by atoms with Crippen molar-refractivity contribution in [3.8, 4) is 0 Å². The van der Waals surface area contributed by atoms with Crippen LogP contribution in [0.4, 0.5) is 0 Å². The van der Waals surface area contributed by atoms with Crippen molar-refractivity contribution >= 4 is 11.8 Å². The highest BCUT2D eigenvalue weighted by Crippen LogP contribution is 2.42. The van der Waals surface area contributed by atoms with Crippen LogP contribution in [0.2, 0.25) is 0 Å². The van der Waals surface area contributed by atoms with E-state index in [-0.39, 0.29) is 29.8 Å². The highest BCUT2D eigenvalue weighted by molar-refractivity contribution is 5.80. The maximum absolute atomic E-state index is 13.1. The average molecular weight is 370 g/mol. The molecule has 3 fully saturated rings. The minimum atomic E-state index is -0.142. The summed E-state index contributed by atoms with van der Waals surface area (Å²) in [6.07, 6.45) is 6.93. The van der Waals surface area contributed by atoms with E-state index in [2.05, 4.69) is 5.32 Å². The van der Waals surface area contributed by atoms with Crippen molar-refractivity contribution in [1.29, 1.82) is 0 Å². The maximum atomic E-state index is 13.1. The van der Waals surface area contributed by atoms with Gasteiger partial charge in [-0.15, -0.1) is 0 Å². The van der Waals surface area contributed by atoms with E-state index in [0.29, 0.717) is 24.8 Å². The van der Waals surface area contributed by atoms with Crippen LogP contribution >= 0.6 is 0 Å². The molecular formula is C22H31N3O2. The molecule has 3 aliphatic rings. The third kappa shape index (κ3) is 4.03. The molecule has 0 radical (unpaired) electrons. The Kier molecular flexibility index (Phi) is 5.48. The number of hydrogen-bond donors (Lipinski definition) is 2. The van der Waals surface area contributed by atoms with Gasteiger partial charge in [-0.1, -0.05) is 36.8 Å². The molecule has 0 spiro atoms. The highest BCUT2D eigenvalue weighted by Gasteiger charge is 2.41. The Morgan fingerprint density at radius 3 is 2.48 bits per heavy atom. The predicted molar refractivity (Wildman–Crippen MR) is 105 cm³/mol. The Bertz CT molecular complexity index is 663. The molecule has 1 heterocycles. The maximum Gasteiger partial charge on any atom is 0.223 e. The van der Waals surface area contributed by atoms with E-state index >= 15 is 0 Å². The molecule has 1 aromatic rings. The van der Waals surface area contributed by atoms with Crippen molar-refractivity contribution in [2.45, 2.75) is 57.0 Å². The Morgan fingerprint density at radius 1 is 1.15 bits per heavy atom. The number of nitrogens with one attached hydrogen (secondary N) is 1. The third-order valence-corrected chi connectivity index (χ3v) is 6.88. The number of nitrogens with zero attached hydrogens (tertiary/aromatic N) is 1. The van der Waals surface area contributed by atoms with E-state index in [0.717, 1.165) is 44.2 Å². The first kappa shape index (κ1) is 18.5. The monoisotopic (exact) mass is 369 g/mol. The number of benzene rings is 1. The molecule has 2 aliphatic carbocycles. The summed E-state index contributed by atoms with van der Waals surface area (Å²) in [6, 6.07) is 10.2. The van der Waals surface area contributed by atoms with Crippen molar-refractivity contribution in [3.05, 3.63) is 35.9 Å². The highest BCUT2D eigenvalue weighted by atomic mass is 16.2. The fourth-order valence-corrected chi connectivity index (χ4v) is 5.33. The summed E-state index contributed by atoms with van der Waals surface area (Å²) in [6.45, 7) is 1.36. The van der Waals surface area contributed by atoms with Crippen LogP contribution in [0.5, 0.6) is 0 Å². The summed E-state index contributed by atoms with van der Waals surface area (Å²) >= 11 is 0. The molecule has 2 amide bonds. The van der Waals surface area contributed by atoms with Crippen LogP contribution in [0.15, 0.2) is 30.3 Å². The molecule has 5 nitrogen and oxygen atoms in total. The number of hydrogen-bond acceptors (Lipinski definition) is 3. The standard InChI is InChI=1S/C22H31N3O2/c23-21-16-8-4-9-17(21)13-18(12-16)22(27)24-19(15-6-2-1-3-7-15)14-25-11-5-10-20(25)26/h1-3,6-7,16-19,21H,4-5,8-14,23H2,(H,24,27). The number of carbonyl (C=O) groups is 2. The van der Waals surface area contributed by atoms with Gasteiger partial charge < -0.3 is 16.0 Å². The molecule has 27 heavy (non-hydrogen) atoms. The normalized spacial score (nSPS) is 31.6. The van der Waals surface area contributed by atoms with E-state index in [1.165, 1.54) is 6.42 Å². The minimum Gasteiger partial charge on any atom is -0.347 e. The van der Waals surface area contributed by atoms with Gasteiger partial charge in [0.25, 0.3) is 0 Å². The average Bonchev–Trinajstić information content (AvgIpc) is 3.06. The van der Waals surface area contributed by atoms with E-state index in [4.69, 9.17) is 5.73 Å². The topological polar surface area (TPSA) is 75.4 Å². The predicted octanol–water partition coefficient (Wildman–Crippen LogP) is 2.62. The van der Waals surface area contributed by atoms with Gasteiger partial charge in [-0.05, 0) is 49.5 Å². The van der Waals surface area contributed by atoms with E-state index < -0.39 is 0 Å². The first-order chi connectivity index (χ1) is 13.1. The van der Waals surface area contributed by atoms with Gasteiger partial charge in [-0.25, -0.2) is 0 Å². The fourth-order valence-electron chi connectivity index (χ4n) is 5.33. The molecule has 3 atom stereocenters. The van der Waals surface area contributed by atoms with Crippen LogP contribution in [0, 0.1) is 17.8 Å². The molecule has 5 heteroatoms. The smallest absolute Gasteiger partial charge is 0.223 e. The van der Waals surface area contributed by atoms with Crippen LogP contribution < -0.4 is 11.1 Å². The molecule has 3 unspecified atom stereocenters. The molecule has 1 aromatic carbocycles. The third-order valence-electron chi connectivity index (χ3n) is 6.88. The van der Waals surface area contributed by atoms with Crippen molar-refractivity contribution < 1.29 is 9.59 Å². The lowest BCUT2D eigenvalue weighted by molar-refractivity contribution is -0.131. The molecular weight excluding hydrogens is 338 g/mol. The van der Waals surface area contributed by atoms with Gasteiger partial charge in [-0.3, -0.25) is 9.59 Å². The molecule has 1 saturated heterocycles. The summed E-state index contributed by atoms with van der Waals surface area (Å²) in [5, 5.41) is 3.28. The summed E-state index contributed by atoms with van der Waals surface area (Å²) < 4.78 is 0. The first-order valence-electron chi connectivity index (χ1n) is 10.5. The van der Waals surface area contributed by atoms with Crippen LogP contribution in [-0.2, 0) is 9.59 Å². The second-order valence-corrected chi connectivity index (χ2v) is 8.61. The SMILES string of the molecule is NC1C2CCCC1CC(C(=O)NC(CN1CCCC1=O)c1ccccc1)C2. The molecule has 4 rings (SSSR count). The Balaban J connectivity index is 1.46. The van der Waals surface area contributed by atoms with Crippen molar-refractivity contribution in [2.75, 3.05) is 13.1 Å². The summed E-state index contributed by atoms with van der Waals surface area (Å²) in [5.41, 5.74) is 7.46. The largest absolute Gasteiger partial charge is 0.347 e.